The molecule has 0 aromatic heterocycles. The molecular formula is C21H27N3O6. The molecule has 2 aromatic rings. The number of amides is 2. The summed E-state index contributed by atoms with van der Waals surface area (Å²) in [6.07, 6.45) is -0.749. The quantitative estimate of drug-likeness (QED) is 0.361. The van der Waals surface area contributed by atoms with Crippen molar-refractivity contribution in [3.63, 3.8) is 0 Å². The van der Waals surface area contributed by atoms with Crippen LogP contribution in [0.3, 0.4) is 0 Å². The first-order valence-electron chi connectivity index (χ1n) is 9.42. The van der Waals surface area contributed by atoms with Crippen LogP contribution in [0.1, 0.15) is 27.6 Å². The highest BCUT2D eigenvalue weighted by Crippen LogP contribution is 2.22. The van der Waals surface area contributed by atoms with Crippen molar-refractivity contribution in [2.45, 2.75) is 19.1 Å². The first-order valence-corrected chi connectivity index (χ1v) is 9.42. The second-order valence-corrected chi connectivity index (χ2v) is 6.73. The topological polar surface area (TPSA) is 143 Å². The number of aromatic hydroxyl groups is 1. The van der Waals surface area contributed by atoms with Gasteiger partial charge < -0.3 is 36.1 Å². The van der Waals surface area contributed by atoms with Crippen LogP contribution in [-0.2, 0) is 0 Å². The molecule has 2 unspecified atom stereocenters. The Balaban J connectivity index is 1.71. The minimum absolute atomic E-state index is 0.0101. The molecule has 0 radical (unpaired) electrons. The predicted molar refractivity (Wildman–Crippen MR) is 111 cm³/mol. The summed E-state index contributed by atoms with van der Waals surface area (Å²) < 4.78 is 11.1. The Morgan fingerprint density at radius 3 is 2.33 bits per heavy atom. The lowest BCUT2D eigenvalue weighted by molar-refractivity contribution is 0.0959. The van der Waals surface area contributed by atoms with Crippen molar-refractivity contribution >= 4 is 11.8 Å². The second kappa shape index (κ2) is 11.0. The van der Waals surface area contributed by atoms with E-state index in [1.54, 1.807) is 31.3 Å². The lowest BCUT2D eigenvalue weighted by Gasteiger charge is -2.18. The zero-order valence-corrected chi connectivity index (χ0v) is 16.9. The standard InChI is InChI=1S/C21H27N3O6/c1-13(11-29-17-7-8-19(26)18(9-17)20(22)27)24-10-15(25)12-30-16-5-3-14(4-6-16)21(28)23-2/h3-9,13,15,24-26H,10-12H2,1-2H3,(H2,22,27)(H,23,28). The van der Waals surface area contributed by atoms with E-state index >= 15 is 0 Å². The number of phenols is 1. The Morgan fingerprint density at radius 2 is 1.70 bits per heavy atom. The molecule has 0 heterocycles. The van der Waals surface area contributed by atoms with Crippen molar-refractivity contribution in [2.75, 3.05) is 26.8 Å². The average Bonchev–Trinajstić information content (AvgIpc) is 2.75. The van der Waals surface area contributed by atoms with Crippen molar-refractivity contribution in [1.82, 2.24) is 10.6 Å². The van der Waals surface area contributed by atoms with Gasteiger partial charge in [-0.3, -0.25) is 9.59 Å². The van der Waals surface area contributed by atoms with Gasteiger partial charge in [0.15, 0.2) is 0 Å². The molecule has 9 heteroatoms. The molecule has 0 saturated carbocycles. The third kappa shape index (κ3) is 6.94. The highest BCUT2D eigenvalue weighted by Gasteiger charge is 2.12. The van der Waals surface area contributed by atoms with Gasteiger partial charge in [0.2, 0.25) is 0 Å². The number of nitrogens with one attached hydrogen (secondary N) is 2. The Labute approximate surface area is 174 Å². The molecule has 2 amide bonds. The number of aliphatic hydroxyl groups is 1. The third-order valence-electron chi connectivity index (χ3n) is 4.22. The van der Waals surface area contributed by atoms with Crippen LogP contribution in [0, 0.1) is 0 Å². The monoisotopic (exact) mass is 417 g/mol. The number of carbonyl (C=O) groups is 2. The van der Waals surface area contributed by atoms with Crippen LogP contribution in [0.15, 0.2) is 42.5 Å². The van der Waals surface area contributed by atoms with E-state index in [0.717, 1.165) is 0 Å². The summed E-state index contributed by atoms with van der Waals surface area (Å²) in [5.74, 6) is -0.168. The lowest BCUT2D eigenvalue weighted by Crippen LogP contribution is -2.39. The first-order chi connectivity index (χ1) is 14.3. The number of carbonyl (C=O) groups excluding carboxylic acids is 2. The Hall–Kier alpha value is -3.30. The molecule has 2 aromatic carbocycles. The zero-order chi connectivity index (χ0) is 22.1. The molecule has 30 heavy (non-hydrogen) atoms. The van der Waals surface area contributed by atoms with E-state index in [1.165, 1.54) is 18.2 Å². The largest absolute Gasteiger partial charge is 0.507 e. The molecule has 0 aliphatic heterocycles. The van der Waals surface area contributed by atoms with Crippen LogP contribution in [0.4, 0.5) is 0 Å². The summed E-state index contributed by atoms with van der Waals surface area (Å²) in [7, 11) is 1.56. The number of rotatable bonds is 11. The van der Waals surface area contributed by atoms with Crippen molar-refractivity contribution in [1.29, 1.82) is 0 Å². The molecule has 2 rings (SSSR count). The SMILES string of the molecule is CNC(=O)c1ccc(OCC(O)CNC(C)COc2ccc(O)c(C(N)=O)c2)cc1. The molecule has 162 valence electrons. The van der Waals surface area contributed by atoms with Gasteiger partial charge in [0, 0.05) is 25.2 Å². The number of benzene rings is 2. The number of primary amides is 1. The van der Waals surface area contributed by atoms with E-state index in [0.29, 0.717) is 17.1 Å². The van der Waals surface area contributed by atoms with Crippen molar-refractivity contribution in [3.8, 4) is 17.2 Å². The van der Waals surface area contributed by atoms with E-state index in [9.17, 15) is 19.8 Å². The summed E-state index contributed by atoms with van der Waals surface area (Å²) >= 11 is 0. The average molecular weight is 417 g/mol. The van der Waals surface area contributed by atoms with E-state index in [1.807, 2.05) is 6.92 Å². The van der Waals surface area contributed by atoms with Gasteiger partial charge in [0.1, 0.15) is 36.6 Å². The summed E-state index contributed by atoms with van der Waals surface area (Å²) in [5, 5.41) is 25.3. The maximum atomic E-state index is 11.5. The van der Waals surface area contributed by atoms with Gasteiger partial charge in [0.05, 0.1) is 5.56 Å². The van der Waals surface area contributed by atoms with Gasteiger partial charge in [-0.15, -0.1) is 0 Å². The number of aliphatic hydroxyl groups excluding tert-OH is 1. The van der Waals surface area contributed by atoms with Gasteiger partial charge in [-0.2, -0.15) is 0 Å². The van der Waals surface area contributed by atoms with Gasteiger partial charge >= 0.3 is 0 Å². The second-order valence-electron chi connectivity index (χ2n) is 6.73. The molecular weight excluding hydrogens is 390 g/mol. The van der Waals surface area contributed by atoms with Gasteiger partial charge in [-0.05, 0) is 49.4 Å². The maximum Gasteiger partial charge on any atom is 0.252 e. The predicted octanol–water partition coefficient (Wildman–Crippen LogP) is 0.648. The molecule has 0 bridgehead atoms. The summed E-state index contributed by atoms with van der Waals surface area (Å²) in [6.45, 7) is 2.51. The number of ether oxygens (including phenoxy) is 2. The van der Waals surface area contributed by atoms with E-state index in [2.05, 4.69) is 10.6 Å². The van der Waals surface area contributed by atoms with Crippen molar-refractivity contribution < 1.29 is 29.3 Å². The molecule has 2 atom stereocenters. The molecule has 6 N–H and O–H groups in total. The summed E-state index contributed by atoms with van der Waals surface area (Å²) in [4.78, 5) is 22.8. The molecule has 0 aliphatic carbocycles. The van der Waals surface area contributed by atoms with Crippen LogP contribution in [0.2, 0.25) is 0 Å². The van der Waals surface area contributed by atoms with Gasteiger partial charge in [-0.1, -0.05) is 0 Å². The van der Waals surface area contributed by atoms with Crippen LogP contribution < -0.4 is 25.8 Å². The highest BCUT2D eigenvalue weighted by atomic mass is 16.5. The van der Waals surface area contributed by atoms with Gasteiger partial charge in [-0.25, -0.2) is 0 Å². The fourth-order valence-electron chi connectivity index (χ4n) is 2.52. The molecule has 9 nitrogen and oxygen atoms in total. The minimum Gasteiger partial charge on any atom is -0.507 e. The van der Waals surface area contributed by atoms with Crippen LogP contribution >= 0.6 is 0 Å². The molecule has 0 saturated heterocycles. The van der Waals surface area contributed by atoms with E-state index < -0.39 is 12.0 Å². The number of nitrogens with two attached hydrogens (primary N) is 1. The fraction of sp³-hybridized carbons (Fsp3) is 0.333. The normalized spacial score (nSPS) is 12.6. The number of hydrogen-bond acceptors (Lipinski definition) is 7. The van der Waals surface area contributed by atoms with Crippen LogP contribution in [0.25, 0.3) is 0 Å². The zero-order valence-electron chi connectivity index (χ0n) is 16.9. The molecule has 0 fully saturated rings. The molecule has 0 spiro atoms. The smallest absolute Gasteiger partial charge is 0.252 e. The molecule has 0 aliphatic rings. The Bertz CT molecular complexity index is 856. The lowest BCUT2D eigenvalue weighted by atomic mass is 10.2. The Morgan fingerprint density at radius 1 is 1.07 bits per heavy atom. The Kier molecular flexibility index (Phi) is 8.45. The van der Waals surface area contributed by atoms with E-state index in [-0.39, 0.29) is 43.0 Å². The summed E-state index contributed by atoms with van der Waals surface area (Å²) in [6, 6.07) is 10.8. The van der Waals surface area contributed by atoms with Gasteiger partial charge in [0.25, 0.3) is 11.8 Å². The van der Waals surface area contributed by atoms with Crippen LogP contribution in [0.5, 0.6) is 17.2 Å². The first kappa shape index (κ1) is 23.0. The van der Waals surface area contributed by atoms with Crippen molar-refractivity contribution in [2.24, 2.45) is 5.73 Å². The van der Waals surface area contributed by atoms with Crippen molar-refractivity contribution in [3.05, 3.63) is 53.6 Å². The highest BCUT2D eigenvalue weighted by molar-refractivity contribution is 5.96. The third-order valence-corrected chi connectivity index (χ3v) is 4.22. The number of hydrogen-bond donors (Lipinski definition) is 5. The summed E-state index contributed by atoms with van der Waals surface area (Å²) in [5.41, 5.74) is 5.71. The van der Waals surface area contributed by atoms with E-state index in [4.69, 9.17) is 15.2 Å². The maximum absolute atomic E-state index is 11.5. The van der Waals surface area contributed by atoms with Crippen LogP contribution in [-0.4, -0.2) is 61.0 Å². The minimum atomic E-state index is -0.749. The fourth-order valence-corrected chi connectivity index (χ4v) is 2.52.